The highest BCUT2D eigenvalue weighted by Gasteiger charge is 2.57. The van der Waals surface area contributed by atoms with Crippen LogP contribution in [0.1, 0.15) is 19.3 Å². The molecule has 2 aliphatic heterocycles. The van der Waals surface area contributed by atoms with Gasteiger partial charge < -0.3 is 10.2 Å². The average Bonchev–Trinajstić information content (AvgIpc) is 3.17. The number of nitrogens with zero attached hydrogens (tertiary/aromatic N) is 2. The van der Waals surface area contributed by atoms with Gasteiger partial charge in [-0.2, -0.15) is 0 Å². The van der Waals surface area contributed by atoms with E-state index in [2.05, 4.69) is 5.32 Å². The molecule has 0 spiro atoms. The fraction of sp³-hybridized carbons (Fsp3) is 0.471. The molecule has 3 atom stereocenters. The third-order valence-electron chi connectivity index (χ3n) is 5.25. The van der Waals surface area contributed by atoms with E-state index in [4.69, 9.17) is 0 Å². The molecular weight excluding hydrogens is 294 g/mol. The summed E-state index contributed by atoms with van der Waals surface area (Å²) in [5.74, 6) is 0.205. The van der Waals surface area contributed by atoms with E-state index < -0.39 is 0 Å². The summed E-state index contributed by atoms with van der Waals surface area (Å²) in [6.07, 6.45) is 3.25. The second kappa shape index (κ2) is 5.37. The van der Waals surface area contributed by atoms with Gasteiger partial charge in [0.2, 0.25) is 5.91 Å². The van der Waals surface area contributed by atoms with E-state index in [1.54, 1.807) is 17.0 Å². The Morgan fingerprint density at radius 2 is 1.96 bits per heavy atom. The van der Waals surface area contributed by atoms with Gasteiger partial charge in [-0.15, -0.1) is 0 Å². The summed E-state index contributed by atoms with van der Waals surface area (Å²) in [5, 5.41) is 2.72. The molecule has 4 rings (SSSR count). The minimum absolute atomic E-state index is 0.201. The molecule has 1 N–H and O–H groups in total. The lowest BCUT2D eigenvalue weighted by atomic mass is 9.93. The van der Waals surface area contributed by atoms with Gasteiger partial charge in [0.1, 0.15) is 12.6 Å². The Kier molecular flexibility index (Phi) is 3.32. The summed E-state index contributed by atoms with van der Waals surface area (Å²) in [7, 11) is 0. The molecule has 3 aliphatic rings. The van der Waals surface area contributed by atoms with E-state index >= 15 is 0 Å². The minimum atomic E-state index is -0.345. The zero-order chi connectivity index (χ0) is 16.0. The van der Waals surface area contributed by atoms with Crippen LogP contribution in [0.25, 0.3) is 0 Å². The number of nitrogens with one attached hydrogen (secondary N) is 1. The lowest BCUT2D eigenvalue weighted by Crippen LogP contribution is -2.40. The highest BCUT2D eigenvalue weighted by atomic mass is 16.2. The standard InChI is InChI=1S/C17H19N3O3/c21-14(18-12-6-2-1-3-7-12)10-20-16(22)15-13-8-4-5-11(13)9-19(15)17(20)23/h1-3,6-7,11,13,15H,4-5,8-10H2,(H,18,21)/t11-,13-,15+/m1/s1. The Balaban J connectivity index is 1.45. The van der Waals surface area contributed by atoms with Crippen LogP contribution in [-0.4, -0.2) is 46.8 Å². The van der Waals surface area contributed by atoms with Gasteiger partial charge in [0.15, 0.2) is 0 Å². The van der Waals surface area contributed by atoms with Crippen molar-refractivity contribution in [1.29, 1.82) is 0 Å². The largest absolute Gasteiger partial charge is 0.327 e. The maximum atomic E-state index is 12.6. The molecule has 0 bridgehead atoms. The van der Waals surface area contributed by atoms with E-state index in [1.807, 2.05) is 18.2 Å². The van der Waals surface area contributed by atoms with Crippen molar-refractivity contribution in [2.75, 3.05) is 18.4 Å². The lowest BCUT2D eigenvalue weighted by Gasteiger charge is -2.17. The molecule has 0 aromatic heterocycles. The van der Waals surface area contributed by atoms with Gasteiger partial charge in [-0.1, -0.05) is 24.6 Å². The van der Waals surface area contributed by atoms with Crippen molar-refractivity contribution in [3.8, 4) is 0 Å². The number of urea groups is 1. The van der Waals surface area contributed by atoms with Crippen LogP contribution in [0.4, 0.5) is 10.5 Å². The Morgan fingerprint density at radius 1 is 1.17 bits per heavy atom. The number of benzene rings is 1. The van der Waals surface area contributed by atoms with E-state index in [1.165, 1.54) is 0 Å². The Hall–Kier alpha value is -2.37. The van der Waals surface area contributed by atoms with Crippen LogP contribution in [0, 0.1) is 11.8 Å². The van der Waals surface area contributed by atoms with Gasteiger partial charge in [-0.05, 0) is 36.8 Å². The summed E-state index contributed by atoms with van der Waals surface area (Å²) < 4.78 is 0. The lowest BCUT2D eigenvalue weighted by molar-refractivity contribution is -0.131. The highest BCUT2D eigenvalue weighted by molar-refractivity contribution is 6.08. The van der Waals surface area contributed by atoms with Gasteiger partial charge in [0, 0.05) is 12.2 Å². The predicted molar refractivity (Wildman–Crippen MR) is 83.5 cm³/mol. The first-order valence-corrected chi connectivity index (χ1v) is 8.12. The topological polar surface area (TPSA) is 69.7 Å². The zero-order valence-corrected chi connectivity index (χ0v) is 12.8. The predicted octanol–water partition coefficient (Wildman–Crippen LogP) is 1.69. The fourth-order valence-electron chi connectivity index (χ4n) is 4.24. The van der Waals surface area contributed by atoms with Crippen LogP contribution in [0.3, 0.4) is 0 Å². The molecule has 1 aromatic carbocycles. The molecule has 1 aromatic rings. The van der Waals surface area contributed by atoms with Crippen LogP contribution in [0.5, 0.6) is 0 Å². The molecule has 1 saturated carbocycles. The van der Waals surface area contributed by atoms with E-state index in [0.717, 1.165) is 24.2 Å². The molecule has 2 saturated heterocycles. The van der Waals surface area contributed by atoms with Crippen molar-refractivity contribution in [2.45, 2.75) is 25.3 Å². The summed E-state index contributed by atoms with van der Waals surface area (Å²) in [4.78, 5) is 40.0. The summed E-state index contributed by atoms with van der Waals surface area (Å²) in [6, 6.07) is 8.39. The molecule has 1 aliphatic carbocycles. The van der Waals surface area contributed by atoms with Gasteiger partial charge in [0.25, 0.3) is 5.91 Å². The molecule has 0 radical (unpaired) electrons. The van der Waals surface area contributed by atoms with E-state index in [-0.39, 0.29) is 36.3 Å². The van der Waals surface area contributed by atoms with Crippen molar-refractivity contribution in [2.24, 2.45) is 11.8 Å². The molecule has 6 nitrogen and oxygen atoms in total. The van der Waals surface area contributed by atoms with Crippen molar-refractivity contribution in [3.05, 3.63) is 30.3 Å². The highest BCUT2D eigenvalue weighted by Crippen LogP contribution is 2.45. The number of para-hydroxylation sites is 1. The first-order chi connectivity index (χ1) is 11.1. The Labute approximate surface area is 134 Å². The van der Waals surface area contributed by atoms with E-state index in [0.29, 0.717) is 18.2 Å². The number of carbonyl (C=O) groups excluding carboxylic acids is 3. The molecule has 120 valence electrons. The summed E-state index contributed by atoms with van der Waals surface area (Å²) in [6.45, 7) is 0.452. The minimum Gasteiger partial charge on any atom is -0.325 e. The summed E-state index contributed by atoms with van der Waals surface area (Å²) >= 11 is 0. The number of hydrogen-bond donors (Lipinski definition) is 1. The molecular formula is C17H19N3O3. The maximum absolute atomic E-state index is 12.6. The van der Waals surface area contributed by atoms with E-state index in [9.17, 15) is 14.4 Å². The summed E-state index contributed by atoms with van der Waals surface area (Å²) in [5.41, 5.74) is 0.660. The zero-order valence-electron chi connectivity index (χ0n) is 12.8. The maximum Gasteiger partial charge on any atom is 0.327 e. The Bertz CT molecular complexity index is 660. The van der Waals surface area contributed by atoms with Crippen LogP contribution in [-0.2, 0) is 9.59 Å². The number of imide groups is 1. The van der Waals surface area contributed by atoms with Crippen LogP contribution in [0.2, 0.25) is 0 Å². The average molecular weight is 313 g/mol. The number of anilines is 1. The SMILES string of the molecule is O=C(CN1C(=O)[C@@H]2[C@@H]3CCC[C@@H]3CN2C1=O)Nc1ccccc1. The number of fused-ring (bicyclic) bond motifs is 3. The smallest absolute Gasteiger partial charge is 0.325 e. The van der Waals surface area contributed by atoms with Gasteiger partial charge >= 0.3 is 6.03 Å². The second-order valence-electron chi connectivity index (χ2n) is 6.57. The van der Waals surface area contributed by atoms with Crippen molar-refractivity contribution >= 4 is 23.5 Å². The number of rotatable bonds is 3. The van der Waals surface area contributed by atoms with Crippen molar-refractivity contribution in [3.63, 3.8) is 0 Å². The number of amides is 4. The molecule has 3 fully saturated rings. The quantitative estimate of drug-likeness (QED) is 0.863. The fourth-order valence-corrected chi connectivity index (χ4v) is 4.24. The molecule has 6 heteroatoms. The second-order valence-corrected chi connectivity index (χ2v) is 6.57. The van der Waals surface area contributed by atoms with Gasteiger partial charge in [-0.25, -0.2) is 4.79 Å². The van der Waals surface area contributed by atoms with Crippen molar-refractivity contribution < 1.29 is 14.4 Å². The third-order valence-corrected chi connectivity index (χ3v) is 5.25. The molecule has 23 heavy (non-hydrogen) atoms. The van der Waals surface area contributed by atoms with Crippen LogP contribution in [0.15, 0.2) is 30.3 Å². The first-order valence-electron chi connectivity index (χ1n) is 8.12. The van der Waals surface area contributed by atoms with Gasteiger partial charge in [-0.3, -0.25) is 14.5 Å². The number of carbonyl (C=O) groups is 3. The molecule has 0 unspecified atom stereocenters. The number of hydrogen-bond acceptors (Lipinski definition) is 3. The van der Waals surface area contributed by atoms with Crippen LogP contribution < -0.4 is 5.32 Å². The third kappa shape index (κ3) is 2.29. The van der Waals surface area contributed by atoms with Crippen LogP contribution >= 0.6 is 0 Å². The monoisotopic (exact) mass is 313 g/mol. The van der Waals surface area contributed by atoms with Gasteiger partial charge in [0.05, 0.1) is 0 Å². The Morgan fingerprint density at radius 3 is 2.74 bits per heavy atom. The molecule has 4 amide bonds. The van der Waals surface area contributed by atoms with Crippen molar-refractivity contribution in [1.82, 2.24) is 9.80 Å². The molecule has 2 heterocycles. The normalized spacial score (nSPS) is 29.0. The first kappa shape index (κ1) is 14.2.